The van der Waals surface area contributed by atoms with Crippen molar-refractivity contribution >= 4 is 11.9 Å². The van der Waals surface area contributed by atoms with Gasteiger partial charge in [-0.15, -0.1) is 0 Å². The number of hydrogen-bond donors (Lipinski definition) is 1. The van der Waals surface area contributed by atoms with Gasteiger partial charge in [-0.1, -0.05) is 0 Å². The molecule has 0 bridgehead atoms. The van der Waals surface area contributed by atoms with E-state index in [2.05, 4.69) is 34.6 Å². The molecule has 0 unspecified atom stereocenters. The zero-order valence-electron chi connectivity index (χ0n) is 18.8. The molecule has 39 heavy (non-hydrogen) atoms. The summed E-state index contributed by atoms with van der Waals surface area (Å²) in [6.45, 7) is 0. The second kappa shape index (κ2) is 13.0. The molecule has 11 nitrogen and oxygen atoms in total. The lowest BCUT2D eigenvalue weighted by Crippen LogP contribution is -2.18. The number of esters is 1. The zero-order chi connectivity index (χ0) is 30.0. The molecule has 0 spiro atoms. The van der Waals surface area contributed by atoms with Gasteiger partial charge in [0.25, 0.3) is 5.91 Å². The molecule has 0 radical (unpaired) electrons. The Kier molecular flexibility index (Phi) is 10.7. The van der Waals surface area contributed by atoms with Gasteiger partial charge in [0.05, 0.1) is 7.11 Å². The number of primary amides is 1. The third kappa shape index (κ3) is 10.5. The van der Waals surface area contributed by atoms with Gasteiger partial charge < -0.3 is 10.5 Å². The molecule has 3 heterocycles. The molecule has 20 heteroatoms. The van der Waals surface area contributed by atoms with E-state index in [1.54, 1.807) is 0 Å². The average molecular weight is 570 g/mol. The largest absolute Gasteiger partial charge is 0.464 e. The van der Waals surface area contributed by atoms with Crippen LogP contribution in [0.4, 0.5) is 39.5 Å². The van der Waals surface area contributed by atoms with Crippen molar-refractivity contribution in [1.29, 1.82) is 5.26 Å². The first-order valence-electron chi connectivity index (χ1n) is 9.39. The SMILES string of the molecule is COC(=O)c1ccnc(C(F)(F)F)n1.N#Cc1ccnc(C(F)(F)F)n1.NC(=O)c1ccnc(C(F)(F)F)n1. The van der Waals surface area contributed by atoms with Crippen molar-refractivity contribution in [2.45, 2.75) is 18.5 Å². The Morgan fingerprint density at radius 2 is 1.13 bits per heavy atom. The maximum atomic E-state index is 12.1. The Bertz CT molecular complexity index is 1340. The first-order valence-corrected chi connectivity index (χ1v) is 9.39. The summed E-state index contributed by atoms with van der Waals surface area (Å²) in [5.41, 5.74) is 3.56. The average Bonchev–Trinajstić information content (AvgIpc) is 2.87. The lowest BCUT2D eigenvalue weighted by atomic mass is 10.4. The quantitative estimate of drug-likeness (QED) is 0.356. The summed E-state index contributed by atoms with van der Waals surface area (Å²) in [5, 5.41) is 8.22. The van der Waals surface area contributed by atoms with Gasteiger partial charge in [-0.05, 0) is 18.2 Å². The molecular weight excluding hydrogens is 559 g/mol. The van der Waals surface area contributed by atoms with Crippen LogP contribution in [0.2, 0.25) is 0 Å². The van der Waals surface area contributed by atoms with Crippen molar-refractivity contribution in [3.05, 3.63) is 71.3 Å². The number of aromatic nitrogens is 6. The van der Waals surface area contributed by atoms with Crippen LogP contribution in [0.5, 0.6) is 0 Å². The maximum Gasteiger partial charge on any atom is 0.451 e. The Morgan fingerprint density at radius 1 is 0.744 bits per heavy atom. The highest BCUT2D eigenvalue weighted by Gasteiger charge is 2.36. The number of hydrogen-bond acceptors (Lipinski definition) is 10. The first-order chi connectivity index (χ1) is 17.9. The van der Waals surface area contributed by atoms with Gasteiger partial charge in [-0.3, -0.25) is 4.79 Å². The van der Waals surface area contributed by atoms with Crippen LogP contribution in [0, 0.1) is 11.3 Å². The number of nitriles is 1. The third-order valence-electron chi connectivity index (χ3n) is 3.49. The van der Waals surface area contributed by atoms with Crippen molar-refractivity contribution in [3.8, 4) is 6.07 Å². The highest BCUT2D eigenvalue weighted by Crippen LogP contribution is 2.27. The van der Waals surface area contributed by atoms with Gasteiger partial charge >= 0.3 is 24.5 Å². The van der Waals surface area contributed by atoms with Crippen LogP contribution in [-0.4, -0.2) is 48.9 Å². The number of ether oxygens (including phenoxy) is 1. The fourth-order valence-corrected chi connectivity index (χ4v) is 1.90. The van der Waals surface area contributed by atoms with Gasteiger partial charge in [-0.25, -0.2) is 34.7 Å². The number of nitrogens with zero attached hydrogens (tertiary/aromatic N) is 7. The molecule has 0 aliphatic rings. The molecule has 0 atom stereocenters. The van der Waals surface area contributed by atoms with Crippen molar-refractivity contribution in [2.75, 3.05) is 7.11 Å². The van der Waals surface area contributed by atoms with Crippen LogP contribution >= 0.6 is 0 Å². The molecule has 0 saturated carbocycles. The smallest absolute Gasteiger partial charge is 0.451 e. The highest BCUT2D eigenvalue weighted by atomic mass is 19.4. The predicted molar refractivity (Wildman–Crippen MR) is 106 cm³/mol. The molecule has 0 aromatic carbocycles. The summed E-state index contributed by atoms with van der Waals surface area (Å²) >= 11 is 0. The minimum absolute atomic E-state index is 0.294. The normalized spacial score (nSPS) is 11.1. The topological polar surface area (TPSA) is 171 Å². The van der Waals surface area contributed by atoms with Crippen molar-refractivity contribution < 1.29 is 53.8 Å². The highest BCUT2D eigenvalue weighted by molar-refractivity contribution is 5.90. The van der Waals surface area contributed by atoms with Gasteiger partial charge in [0.15, 0.2) is 5.69 Å². The minimum Gasteiger partial charge on any atom is -0.464 e. The van der Waals surface area contributed by atoms with E-state index >= 15 is 0 Å². The third-order valence-corrected chi connectivity index (χ3v) is 3.49. The number of rotatable bonds is 2. The van der Waals surface area contributed by atoms with Crippen molar-refractivity contribution in [2.24, 2.45) is 5.73 Å². The van der Waals surface area contributed by atoms with E-state index in [0.717, 1.165) is 43.9 Å². The van der Waals surface area contributed by atoms with Crippen LogP contribution in [0.1, 0.15) is 44.1 Å². The zero-order valence-corrected chi connectivity index (χ0v) is 18.8. The molecule has 1 amide bonds. The maximum absolute atomic E-state index is 12.1. The van der Waals surface area contributed by atoms with E-state index in [9.17, 15) is 49.1 Å². The lowest BCUT2D eigenvalue weighted by molar-refractivity contribution is -0.145. The Labute approximate surface area is 210 Å². The van der Waals surface area contributed by atoms with Crippen LogP contribution in [-0.2, 0) is 23.3 Å². The number of carbonyl (C=O) groups excluding carboxylic acids is 2. The standard InChI is InChI=1S/C7H5F3N2O2.C6H4F3N3O.C6H2F3N3/c1-14-5(13)4-2-3-11-6(12-4)7(8,9)10;7-6(8,9)5-11-2-1-3(12-5)4(10)13;7-6(8,9)5-11-2-1-4(3-10)12-5/h2-3H,1H3;1-2H,(H2,10,13);1-2H. The molecule has 0 fully saturated rings. The van der Waals surface area contributed by atoms with Gasteiger partial charge in [0.1, 0.15) is 17.5 Å². The van der Waals surface area contributed by atoms with E-state index in [0.29, 0.717) is 0 Å². The van der Waals surface area contributed by atoms with E-state index in [1.807, 2.05) is 0 Å². The van der Waals surface area contributed by atoms with Crippen LogP contribution < -0.4 is 5.73 Å². The predicted octanol–water partition coefficient (Wildman–Crippen LogP) is 3.24. The summed E-state index contributed by atoms with van der Waals surface area (Å²) in [7, 11) is 1.05. The molecule has 2 N–H and O–H groups in total. The van der Waals surface area contributed by atoms with Crippen molar-refractivity contribution in [1.82, 2.24) is 29.9 Å². The molecule has 3 aromatic heterocycles. The molecule has 0 saturated heterocycles. The Hall–Kier alpha value is -4.96. The number of halogens is 9. The molecular formula is C19H11F9N8O3. The molecule has 0 aliphatic carbocycles. The monoisotopic (exact) mass is 570 g/mol. The van der Waals surface area contributed by atoms with E-state index in [1.165, 1.54) is 6.07 Å². The number of carbonyl (C=O) groups is 2. The fourth-order valence-electron chi connectivity index (χ4n) is 1.90. The summed E-state index contributed by atoms with van der Waals surface area (Å²) < 4.78 is 112. The van der Waals surface area contributed by atoms with E-state index < -0.39 is 59.3 Å². The molecule has 3 aromatic rings. The summed E-state index contributed by atoms with van der Waals surface area (Å²) in [6.07, 6.45) is -11.3. The number of methoxy groups -OCH3 is 1. The van der Waals surface area contributed by atoms with E-state index in [-0.39, 0.29) is 5.69 Å². The van der Waals surface area contributed by atoms with Crippen LogP contribution in [0.3, 0.4) is 0 Å². The van der Waals surface area contributed by atoms with E-state index in [4.69, 9.17) is 11.0 Å². The second-order valence-electron chi connectivity index (χ2n) is 6.26. The number of amides is 1. The number of alkyl halides is 9. The Balaban J connectivity index is 0.000000293. The molecule has 208 valence electrons. The van der Waals surface area contributed by atoms with Crippen LogP contribution in [0.25, 0.3) is 0 Å². The molecule has 3 rings (SSSR count). The van der Waals surface area contributed by atoms with Gasteiger partial charge in [0, 0.05) is 18.6 Å². The Morgan fingerprint density at radius 3 is 1.51 bits per heavy atom. The second-order valence-corrected chi connectivity index (χ2v) is 6.26. The summed E-state index contributed by atoms with van der Waals surface area (Å²) in [4.78, 5) is 39.1. The first kappa shape index (κ1) is 32.1. The van der Waals surface area contributed by atoms with Crippen LogP contribution in [0.15, 0.2) is 36.8 Å². The fraction of sp³-hybridized carbons (Fsp3) is 0.211. The van der Waals surface area contributed by atoms with Gasteiger partial charge in [-0.2, -0.15) is 44.8 Å². The summed E-state index contributed by atoms with van der Waals surface area (Å²) in [6, 6.07) is 4.65. The van der Waals surface area contributed by atoms with Gasteiger partial charge in [0.2, 0.25) is 17.5 Å². The lowest BCUT2D eigenvalue weighted by Gasteiger charge is -2.04. The van der Waals surface area contributed by atoms with Crippen molar-refractivity contribution in [3.63, 3.8) is 0 Å². The number of nitrogens with two attached hydrogens (primary N) is 1. The minimum atomic E-state index is -4.66. The molecule has 0 aliphatic heterocycles. The summed E-state index contributed by atoms with van der Waals surface area (Å²) in [5.74, 6) is -5.98.